The van der Waals surface area contributed by atoms with Gasteiger partial charge in [0.2, 0.25) is 5.91 Å². The quantitative estimate of drug-likeness (QED) is 0.522. The topological polar surface area (TPSA) is 115 Å². The van der Waals surface area contributed by atoms with Crippen molar-refractivity contribution in [2.75, 3.05) is 26.7 Å². The summed E-state index contributed by atoms with van der Waals surface area (Å²) in [7, 11) is 1.02. The molecule has 2 aliphatic rings. The van der Waals surface area contributed by atoms with E-state index in [-0.39, 0.29) is 0 Å². The van der Waals surface area contributed by atoms with E-state index in [0.717, 1.165) is 7.05 Å². The van der Waals surface area contributed by atoms with Crippen molar-refractivity contribution >= 4 is 29.7 Å². The van der Waals surface area contributed by atoms with E-state index < -0.39 is 67.4 Å². The molecule has 132 valence electrons. The third kappa shape index (κ3) is 2.90. The van der Waals surface area contributed by atoms with Crippen LogP contribution in [-0.2, 0) is 19.2 Å². The Morgan fingerprint density at radius 2 is 1.75 bits per heavy atom. The summed E-state index contributed by atoms with van der Waals surface area (Å²) >= 11 is 0. The molecule has 0 aromatic heterocycles. The fourth-order valence-electron chi connectivity index (χ4n) is 2.58. The fraction of sp³-hybridized carbons (Fsp3) is 0.583. The molecular formula is C12H12F3N3O6. The SMILES string of the molecule is CN1C(=O)C(=O)N(CC(=O)N2C[C@@H](C(F)(F)F)[C@H](C(=O)O)C2)C1=O. The molecule has 0 radical (unpaired) electrons. The molecule has 2 saturated heterocycles. The van der Waals surface area contributed by atoms with Gasteiger partial charge in [-0.3, -0.25) is 24.1 Å². The highest BCUT2D eigenvalue weighted by molar-refractivity contribution is 6.44. The molecule has 0 saturated carbocycles. The van der Waals surface area contributed by atoms with Gasteiger partial charge in [0.05, 0.1) is 11.8 Å². The van der Waals surface area contributed by atoms with E-state index in [2.05, 4.69) is 0 Å². The van der Waals surface area contributed by atoms with E-state index in [0.29, 0.717) is 14.7 Å². The number of carboxylic acid groups (broad SMARTS) is 1. The first kappa shape index (κ1) is 17.7. The number of rotatable bonds is 3. The summed E-state index contributed by atoms with van der Waals surface area (Å²) in [6, 6.07) is -1.07. The number of likely N-dealkylation sites (tertiary alicyclic amines) is 1. The van der Waals surface area contributed by atoms with Gasteiger partial charge >= 0.3 is 30.0 Å². The van der Waals surface area contributed by atoms with Crippen LogP contribution in [-0.4, -0.2) is 82.4 Å². The van der Waals surface area contributed by atoms with Crippen LogP contribution in [0.5, 0.6) is 0 Å². The van der Waals surface area contributed by atoms with Gasteiger partial charge in [0.1, 0.15) is 6.54 Å². The number of hydrogen-bond acceptors (Lipinski definition) is 5. The van der Waals surface area contributed by atoms with Gasteiger partial charge in [-0.05, 0) is 0 Å². The molecule has 1 N–H and O–H groups in total. The maximum absolute atomic E-state index is 12.9. The lowest BCUT2D eigenvalue weighted by Gasteiger charge is -2.20. The molecule has 2 rings (SSSR count). The highest BCUT2D eigenvalue weighted by atomic mass is 19.4. The molecule has 24 heavy (non-hydrogen) atoms. The standard InChI is InChI=1S/C12H12F3N3O6/c1-16-8(20)9(21)18(11(16)24)4-7(19)17-2-5(10(22)23)6(3-17)12(13,14)15/h5-6H,2-4H2,1H3,(H,22,23)/t5-,6-/m1/s1. The van der Waals surface area contributed by atoms with Crippen LogP contribution in [0.15, 0.2) is 0 Å². The van der Waals surface area contributed by atoms with E-state index >= 15 is 0 Å². The molecule has 0 aromatic carbocycles. The second kappa shape index (κ2) is 5.76. The Balaban J connectivity index is 2.11. The minimum Gasteiger partial charge on any atom is -0.481 e. The summed E-state index contributed by atoms with van der Waals surface area (Å²) in [4.78, 5) is 58.9. The number of nitrogens with zero attached hydrogens (tertiary/aromatic N) is 3. The Morgan fingerprint density at radius 3 is 2.12 bits per heavy atom. The molecule has 12 heteroatoms. The zero-order valence-electron chi connectivity index (χ0n) is 12.2. The highest BCUT2D eigenvalue weighted by Gasteiger charge is 2.54. The molecule has 2 atom stereocenters. The second-order valence-electron chi connectivity index (χ2n) is 5.43. The van der Waals surface area contributed by atoms with E-state index in [1.165, 1.54) is 0 Å². The van der Waals surface area contributed by atoms with Crippen LogP contribution < -0.4 is 0 Å². The van der Waals surface area contributed by atoms with E-state index in [1.807, 2.05) is 0 Å². The van der Waals surface area contributed by atoms with Gasteiger partial charge in [-0.15, -0.1) is 0 Å². The lowest BCUT2D eigenvalue weighted by molar-refractivity contribution is -0.188. The first-order valence-electron chi connectivity index (χ1n) is 6.66. The first-order valence-corrected chi connectivity index (χ1v) is 6.66. The van der Waals surface area contributed by atoms with Gasteiger partial charge in [0.25, 0.3) is 0 Å². The predicted molar refractivity (Wildman–Crippen MR) is 67.1 cm³/mol. The van der Waals surface area contributed by atoms with Gasteiger partial charge in [0, 0.05) is 20.1 Å². The Kier molecular flexibility index (Phi) is 4.25. The Morgan fingerprint density at radius 1 is 1.17 bits per heavy atom. The summed E-state index contributed by atoms with van der Waals surface area (Å²) in [5.41, 5.74) is 0. The molecule has 0 spiro atoms. The normalized spacial score (nSPS) is 25.0. The molecule has 0 aliphatic carbocycles. The second-order valence-corrected chi connectivity index (χ2v) is 5.43. The van der Waals surface area contributed by atoms with Crippen LogP contribution in [0.3, 0.4) is 0 Å². The maximum atomic E-state index is 12.9. The number of carbonyl (C=O) groups excluding carboxylic acids is 4. The van der Waals surface area contributed by atoms with Crippen LogP contribution >= 0.6 is 0 Å². The van der Waals surface area contributed by atoms with Crippen molar-refractivity contribution in [1.82, 2.24) is 14.7 Å². The fourth-order valence-corrected chi connectivity index (χ4v) is 2.58. The molecule has 0 bridgehead atoms. The number of aliphatic carboxylic acids is 1. The van der Waals surface area contributed by atoms with Crippen molar-refractivity contribution in [3.8, 4) is 0 Å². The molecule has 2 heterocycles. The predicted octanol–water partition coefficient (Wildman–Crippen LogP) is -0.871. The minimum absolute atomic E-state index is 0.307. The van der Waals surface area contributed by atoms with Gasteiger partial charge in [0.15, 0.2) is 0 Å². The molecule has 0 aromatic rings. The summed E-state index contributed by atoms with van der Waals surface area (Å²) < 4.78 is 38.6. The Hall–Kier alpha value is -2.66. The summed E-state index contributed by atoms with van der Waals surface area (Å²) in [5.74, 6) is -9.24. The van der Waals surface area contributed by atoms with Gasteiger partial charge in [-0.25, -0.2) is 9.69 Å². The van der Waals surface area contributed by atoms with Crippen LogP contribution in [0.4, 0.5) is 18.0 Å². The highest BCUT2D eigenvalue weighted by Crippen LogP contribution is 2.37. The number of halogens is 3. The first-order chi connectivity index (χ1) is 10.9. The van der Waals surface area contributed by atoms with Gasteiger partial charge in [-0.1, -0.05) is 0 Å². The number of carboxylic acids is 1. The number of alkyl halides is 3. The Labute approximate surface area is 132 Å². The summed E-state index contributed by atoms with van der Waals surface area (Å²) in [6.07, 6.45) is -4.81. The van der Waals surface area contributed by atoms with Crippen LogP contribution in [0, 0.1) is 11.8 Å². The largest absolute Gasteiger partial charge is 0.481 e. The molecule has 5 amide bonds. The van der Waals surface area contributed by atoms with Gasteiger partial charge in [-0.2, -0.15) is 13.2 Å². The third-order valence-corrected chi connectivity index (χ3v) is 3.95. The molecule has 9 nitrogen and oxygen atoms in total. The van der Waals surface area contributed by atoms with Gasteiger partial charge < -0.3 is 10.0 Å². The van der Waals surface area contributed by atoms with Crippen molar-refractivity contribution in [2.45, 2.75) is 6.18 Å². The monoisotopic (exact) mass is 351 g/mol. The lowest BCUT2D eigenvalue weighted by atomic mass is 9.96. The number of imide groups is 2. The number of likely N-dealkylation sites (N-methyl/N-ethyl adjacent to an activating group) is 1. The van der Waals surface area contributed by atoms with Crippen LogP contribution in [0.25, 0.3) is 0 Å². The average molecular weight is 351 g/mol. The third-order valence-electron chi connectivity index (χ3n) is 3.95. The van der Waals surface area contributed by atoms with E-state index in [9.17, 15) is 37.1 Å². The average Bonchev–Trinajstić information content (AvgIpc) is 3.01. The molecule has 2 aliphatic heterocycles. The number of amides is 5. The smallest absolute Gasteiger partial charge is 0.394 e. The molecular weight excluding hydrogens is 339 g/mol. The van der Waals surface area contributed by atoms with E-state index in [4.69, 9.17) is 5.11 Å². The lowest BCUT2D eigenvalue weighted by Crippen LogP contribution is -2.43. The van der Waals surface area contributed by atoms with Crippen LogP contribution in [0.1, 0.15) is 0 Å². The van der Waals surface area contributed by atoms with Crippen molar-refractivity contribution in [3.05, 3.63) is 0 Å². The van der Waals surface area contributed by atoms with E-state index in [1.54, 1.807) is 0 Å². The van der Waals surface area contributed by atoms with Crippen molar-refractivity contribution in [1.29, 1.82) is 0 Å². The Bertz CT molecular complexity index is 634. The van der Waals surface area contributed by atoms with Crippen molar-refractivity contribution < 1.29 is 42.3 Å². The maximum Gasteiger partial charge on any atom is 0.394 e. The zero-order valence-corrected chi connectivity index (χ0v) is 12.2. The van der Waals surface area contributed by atoms with Crippen LogP contribution in [0.2, 0.25) is 0 Å². The minimum atomic E-state index is -4.81. The number of urea groups is 1. The summed E-state index contributed by atoms with van der Waals surface area (Å²) in [6.45, 7) is -2.51. The van der Waals surface area contributed by atoms with Crippen molar-refractivity contribution in [2.24, 2.45) is 11.8 Å². The number of hydrogen-bond donors (Lipinski definition) is 1. The molecule has 0 unspecified atom stereocenters. The van der Waals surface area contributed by atoms with Crippen molar-refractivity contribution in [3.63, 3.8) is 0 Å². The molecule has 2 fully saturated rings. The zero-order chi connectivity index (χ0) is 18.4. The number of carbonyl (C=O) groups is 5. The summed E-state index contributed by atoms with van der Waals surface area (Å²) in [5, 5.41) is 8.88.